The lowest BCUT2D eigenvalue weighted by Gasteiger charge is -2.23. The molecular formula is C19H18ClF3N2O5S. The summed E-state index contributed by atoms with van der Waals surface area (Å²) in [5, 5.41) is 1.80. The molecule has 168 valence electrons. The molecule has 1 amide bonds. The fourth-order valence-electron chi connectivity index (χ4n) is 2.55. The molecular weight excluding hydrogens is 461 g/mol. The number of nitrogens with one attached hydrogen (secondary N) is 1. The third kappa shape index (κ3) is 6.59. The van der Waals surface area contributed by atoms with Gasteiger partial charge in [-0.05, 0) is 43.3 Å². The third-order valence-electron chi connectivity index (χ3n) is 3.89. The second kappa shape index (κ2) is 9.56. The van der Waals surface area contributed by atoms with Gasteiger partial charge in [-0.25, -0.2) is 13.2 Å². The van der Waals surface area contributed by atoms with E-state index in [1.807, 2.05) is 0 Å². The van der Waals surface area contributed by atoms with Crippen molar-refractivity contribution < 1.29 is 35.9 Å². The molecule has 7 nitrogen and oxygen atoms in total. The summed E-state index contributed by atoms with van der Waals surface area (Å²) in [7, 11) is -4.12. The molecule has 0 radical (unpaired) electrons. The molecule has 0 aromatic heterocycles. The fraction of sp³-hybridized carbons (Fsp3) is 0.263. The van der Waals surface area contributed by atoms with Gasteiger partial charge in [0, 0.05) is 5.69 Å². The lowest BCUT2D eigenvalue weighted by Crippen LogP contribution is -2.37. The van der Waals surface area contributed by atoms with Gasteiger partial charge in [0.1, 0.15) is 6.54 Å². The van der Waals surface area contributed by atoms with Crippen LogP contribution in [0.5, 0.6) is 0 Å². The van der Waals surface area contributed by atoms with E-state index in [9.17, 15) is 31.2 Å². The van der Waals surface area contributed by atoms with E-state index < -0.39 is 45.2 Å². The summed E-state index contributed by atoms with van der Waals surface area (Å²) in [4.78, 5) is 24.2. The second-order valence-electron chi connectivity index (χ2n) is 6.28. The molecule has 2 rings (SSSR count). The van der Waals surface area contributed by atoms with Crippen molar-refractivity contribution in [2.24, 2.45) is 0 Å². The lowest BCUT2D eigenvalue weighted by molar-refractivity contribution is -0.137. The maximum atomic E-state index is 13.1. The Hall–Kier alpha value is -2.79. The summed E-state index contributed by atoms with van der Waals surface area (Å²) in [6, 6.07) is 8.23. The molecule has 0 heterocycles. The molecule has 2 aromatic carbocycles. The Morgan fingerprint density at radius 2 is 1.84 bits per heavy atom. The lowest BCUT2D eigenvalue weighted by atomic mass is 10.2. The van der Waals surface area contributed by atoms with Crippen molar-refractivity contribution in [1.29, 1.82) is 0 Å². The summed E-state index contributed by atoms with van der Waals surface area (Å²) >= 11 is 5.57. The first-order valence-corrected chi connectivity index (χ1v) is 11.0. The van der Waals surface area contributed by atoms with Gasteiger partial charge in [-0.1, -0.05) is 17.7 Å². The van der Waals surface area contributed by atoms with Gasteiger partial charge in [0.25, 0.3) is 0 Å². The molecule has 0 bridgehead atoms. The minimum atomic E-state index is -4.81. The molecule has 2 aromatic rings. The van der Waals surface area contributed by atoms with E-state index in [-0.39, 0.29) is 23.5 Å². The predicted octanol–water partition coefficient (Wildman–Crippen LogP) is 3.94. The highest BCUT2D eigenvalue weighted by Gasteiger charge is 2.34. The quantitative estimate of drug-likeness (QED) is 0.608. The van der Waals surface area contributed by atoms with Gasteiger partial charge in [0.2, 0.25) is 15.9 Å². The first-order chi connectivity index (χ1) is 14.3. The molecule has 0 aliphatic rings. The number of alkyl halides is 3. The van der Waals surface area contributed by atoms with Gasteiger partial charge in [0.15, 0.2) is 0 Å². The minimum Gasteiger partial charge on any atom is -0.462 e. The number of carbonyl (C=O) groups excluding carboxylic acids is 2. The largest absolute Gasteiger partial charge is 0.462 e. The Kier molecular flexibility index (Phi) is 7.55. The Morgan fingerprint density at radius 3 is 2.42 bits per heavy atom. The van der Waals surface area contributed by atoms with Crippen LogP contribution in [0.4, 0.5) is 24.5 Å². The Balaban J connectivity index is 2.28. The molecule has 0 atom stereocenters. The molecule has 0 aliphatic heterocycles. The van der Waals surface area contributed by atoms with Crippen molar-refractivity contribution in [2.45, 2.75) is 13.1 Å². The van der Waals surface area contributed by atoms with Crippen molar-refractivity contribution in [3.05, 3.63) is 58.6 Å². The van der Waals surface area contributed by atoms with Crippen LogP contribution in [0.3, 0.4) is 0 Å². The smallest absolute Gasteiger partial charge is 0.417 e. The van der Waals surface area contributed by atoms with Gasteiger partial charge in [0.05, 0.1) is 34.7 Å². The van der Waals surface area contributed by atoms with E-state index in [1.165, 1.54) is 24.3 Å². The van der Waals surface area contributed by atoms with Crippen LogP contribution < -0.4 is 9.62 Å². The number of sulfonamides is 1. The minimum absolute atomic E-state index is 0.153. The summed E-state index contributed by atoms with van der Waals surface area (Å²) in [6.07, 6.45) is -4.06. The number of benzene rings is 2. The zero-order valence-electron chi connectivity index (χ0n) is 16.4. The van der Waals surface area contributed by atoms with Crippen LogP contribution in [0.25, 0.3) is 0 Å². The van der Waals surface area contributed by atoms with Gasteiger partial charge < -0.3 is 10.1 Å². The number of rotatable bonds is 7. The molecule has 1 N–H and O–H groups in total. The number of ether oxygens (including phenoxy) is 1. The van der Waals surface area contributed by atoms with E-state index >= 15 is 0 Å². The number of hydrogen-bond acceptors (Lipinski definition) is 5. The molecule has 0 aliphatic carbocycles. The molecule has 31 heavy (non-hydrogen) atoms. The van der Waals surface area contributed by atoms with Gasteiger partial charge in [-0.3, -0.25) is 9.10 Å². The van der Waals surface area contributed by atoms with Crippen LogP contribution in [0, 0.1) is 0 Å². The monoisotopic (exact) mass is 478 g/mol. The van der Waals surface area contributed by atoms with Crippen molar-refractivity contribution in [3.63, 3.8) is 0 Å². The second-order valence-corrected chi connectivity index (χ2v) is 8.60. The molecule has 0 saturated carbocycles. The maximum absolute atomic E-state index is 13.1. The normalized spacial score (nSPS) is 11.7. The molecule has 12 heteroatoms. The molecule has 0 fully saturated rings. The SMILES string of the molecule is CCOC(=O)c1cccc(NC(=O)CN(c2ccc(Cl)c(C(F)(F)F)c2)S(C)(=O)=O)c1. The summed E-state index contributed by atoms with van der Waals surface area (Å²) in [5.74, 6) is -1.45. The maximum Gasteiger partial charge on any atom is 0.417 e. The number of amides is 1. The molecule has 0 unspecified atom stereocenters. The number of anilines is 2. The van der Waals surface area contributed by atoms with Crippen molar-refractivity contribution in [2.75, 3.05) is 29.0 Å². The third-order valence-corrected chi connectivity index (χ3v) is 5.36. The van der Waals surface area contributed by atoms with E-state index in [0.717, 1.165) is 18.4 Å². The van der Waals surface area contributed by atoms with Crippen molar-refractivity contribution in [3.8, 4) is 0 Å². The van der Waals surface area contributed by atoms with E-state index in [1.54, 1.807) is 6.92 Å². The average Bonchev–Trinajstić information content (AvgIpc) is 2.65. The van der Waals surface area contributed by atoms with Crippen LogP contribution in [0.15, 0.2) is 42.5 Å². The van der Waals surface area contributed by atoms with E-state index in [2.05, 4.69) is 5.32 Å². The number of hydrogen-bond donors (Lipinski definition) is 1. The van der Waals surface area contributed by atoms with Crippen LogP contribution >= 0.6 is 11.6 Å². The highest BCUT2D eigenvalue weighted by Crippen LogP contribution is 2.37. The summed E-state index contributed by atoms with van der Waals surface area (Å²) in [5.41, 5.74) is -1.28. The van der Waals surface area contributed by atoms with Crippen molar-refractivity contribution >= 4 is 44.9 Å². The Bertz CT molecular complexity index is 1090. The fourth-order valence-corrected chi connectivity index (χ4v) is 3.63. The number of halogens is 4. The Morgan fingerprint density at radius 1 is 1.16 bits per heavy atom. The average molecular weight is 479 g/mol. The zero-order chi connectivity index (χ0) is 23.4. The predicted molar refractivity (Wildman–Crippen MR) is 110 cm³/mol. The number of carbonyl (C=O) groups is 2. The van der Waals surface area contributed by atoms with E-state index in [4.69, 9.17) is 16.3 Å². The highest BCUT2D eigenvalue weighted by atomic mass is 35.5. The highest BCUT2D eigenvalue weighted by molar-refractivity contribution is 7.92. The number of esters is 1. The van der Waals surface area contributed by atoms with Gasteiger partial charge in [-0.15, -0.1) is 0 Å². The Labute approximate surface area is 181 Å². The summed E-state index contributed by atoms with van der Waals surface area (Å²) < 4.78 is 69.1. The molecule has 0 spiro atoms. The van der Waals surface area contributed by atoms with Crippen LogP contribution in [-0.2, 0) is 25.7 Å². The first-order valence-electron chi connectivity index (χ1n) is 8.74. The topological polar surface area (TPSA) is 92.8 Å². The van der Waals surface area contributed by atoms with Crippen molar-refractivity contribution in [1.82, 2.24) is 0 Å². The van der Waals surface area contributed by atoms with Gasteiger partial charge >= 0.3 is 12.1 Å². The summed E-state index contributed by atoms with van der Waals surface area (Å²) in [6.45, 7) is 0.978. The van der Waals surface area contributed by atoms with Gasteiger partial charge in [-0.2, -0.15) is 13.2 Å². The molecule has 0 saturated heterocycles. The van der Waals surface area contributed by atoms with E-state index in [0.29, 0.717) is 10.4 Å². The number of nitrogens with zero attached hydrogens (tertiary/aromatic N) is 1. The first kappa shape index (κ1) is 24.5. The zero-order valence-corrected chi connectivity index (χ0v) is 17.9. The standard InChI is InChI=1S/C19H18ClF3N2O5S/c1-3-30-18(27)12-5-4-6-13(9-12)24-17(26)11-25(31(2,28)29)14-7-8-16(20)15(10-14)19(21,22)23/h4-10H,3,11H2,1-2H3,(H,24,26). The van der Waals surface area contributed by atoms with Crippen LogP contribution in [0.1, 0.15) is 22.8 Å². The van der Waals surface area contributed by atoms with Crippen LogP contribution in [0.2, 0.25) is 5.02 Å². The van der Waals surface area contributed by atoms with Crippen LogP contribution in [-0.4, -0.2) is 39.7 Å².